The lowest BCUT2D eigenvalue weighted by Crippen LogP contribution is -2.33. The third kappa shape index (κ3) is 4.91. The number of nitrogens with zero attached hydrogens (tertiary/aromatic N) is 5. The largest absolute Gasteiger partial charge is 0.408 e. The smallest absolute Gasteiger partial charge is 0.380 e. The van der Waals surface area contributed by atoms with Crippen LogP contribution in [0.25, 0.3) is 10.9 Å². The Hall–Kier alpha value is -2.99. The number of amides is 1. The summed E-state index contributed by atoms with van der Waals surface area (Å²) in [5.74, 6) is -1.19. The first-order valence-electron chi connectivity index (χ1n) is 9.60. The molecule has 32 heavy (non-hydrogen) atoms. The highest BCUT2D eigenvalue weighted by molar-refractivity contribution is 6.30. The zero-order valence-corrected chi connectivity index (χ0v) is 17.3. The molecule has 0 bridgehead atoms. The Balaban J connectivity index is 1.72. The first kappa shape index (κ1) is 22.2. The fourth-order valence-electron chi connectivity index (χ4n) is 3.28. The second-order valence-electron chi connectivity index (χ2n) is 7.07. The zero-order chi connectivity index (χ0) is 22.9. The predicted octanol–water partition coefficient (Wildman–Crippen LogP) is 3.79. The zero-order valence-electron chi connectivity index (χ0n) is 16.5. The van der Waals surface area contributed by atoms with Crippen LogP contribution in [0.2, 0.25) is 5.02 Å². The Bertz CT molecular complexity index is 1140. The van der Waals surface area contributed by atoms with E-state index in [1.807, 2.05) is 0 Å². The molecule has 1 fully saturated rings. The van der Waals surface area contributed by atoms with Gasteiger partial charge < -0.3 is 15.0 Å². The monoisotopic (exact) mass is 472 g/mol. The van der Waals surface area contributed by atoms with Crippen LogP contribution in [-0.2, 0) is 11.3 Å². The van der Waals surface area contributed by atoms with Crippen LogP contribution in [0.3, 0.4) is 0 Å². The van der Waals surface area contributed by atoms with Crippen molar-refractivity contribution in [1.29, 1.82) is 0 Å². The molecule has 3 aromatic rings. The Morgan fingerprint density at radius 3 is 2.75 bits per heavy atom. The lowest BCUT2D eigenvalue weighted by molar-refractivity contribution is -0.141. The maximum atomic E-state index is 13.7. The summed E-state index contributed by atoms with van der Waals surface area (Å²) < 4.78 is 59.2. The van der Waals surface area contributed by atoms with Gasteiger partial charge in [-0.25, -0.2) is 9.37 Å². The first-order valence-corrected chi connectivity index (χ1v) is 9.97. The molecule has 1 N–H and O–H groups in total. The number of hydrogen-bond donors (Lipinski definition) is 1. The lowest BCUT2D eigenvalue weighted by Gasteiger charge is -2.19. The molecule has 13 heteroatoms. The average Bonchev–Trinajstić information content (AvgIpc) is 2.91. The van der Waals surface area contributed by atoms with Gasteiger partial charge in [0.2, 0.25) is 0 Å². The number of aromatic nitrogens is 4. The van der Waals surface area contributed by atoms with Crippen molar-refractivity contribution < 1.29 is 27.1 Å². The van der Waals surface area contributed by atoms with Gasteiger partial charge in [0.25, 0.3) is 5.91 Å². The number of rotatable bonds is 4. The van der Waals surface area contributed by atoms with E-state index in [0.717, 1.165) is 12.3 Å². The number of fused-ring (bicyclic) bond motifs is 1. The van der Waals surface area contributed by atoms with Crippen LogP contribution in [0.1, 0.15) is 16.9 Å². The average molecular weight is 473 g/mol. The Kier molecular flexibility index (Phi) is 6.15. The molecule has 4 heterocycles. The van der Waals surface area contributed by atoms with Crippen LogP contribution in [0.5, 0.6) is 0 Å². The van der Waals surface area contributed by atoms with Crippen molar-refractivity contribution >= 4 is 40.0 Å². The number of nitrogens with one attached hydrogen (secondary N) is 1. The minimum Gasteiger partial charge on any atom is -0.380 e. The van der Waals surface area contributed by atoms with E-state index in [2.05, 4.69) is 20.4 Å². The molecule has 0 atom stereocenters. The highest BCUT2D eigenvalue weighted by Gasteiger charge is 2.30. The molecule has 0 unspecified atom stereocenters. The fourth-order valence-corrected chi connectivity index (χ4v) is 3.39. The van der Waals surface area contributed by atoms with E-state index in [1.165, 1.54) is 12.3 Å². The van der Waals surface area contributed by atoms with E-state index in [1.54, 1.807) is 4.90 Å². The second-order valence-corrected chi connectivity index (χ2v) is 7.48. The lowest BCUT2D eigenvalue weighted by atomic mass is 10.2. The number of carbonyl (C=O) groups is 1. The quantitative estimate of drug-likeness (QED) is 0.582. The summed E-state index contributed by atoms with van der Waals surface area (Å²) in [7, 11) is 0. The summed E-state index contributed by atoms with van der Waals surface area (Å²) in [4.78, 5) is 22.4. The summed E-state index contributed by atoms with van der Waals surface area (Å²) in [5.41, 5.74) is 0.0358. The number of alkyl halides is 3. The molecule has 3 aromatic heterocycles. The molecule has 0 spiro atoms. The molecular weight excluding hydrogens is 456 g/mol. The summed E-state index contributed by atoms with van der Waals surface area (Å²) in [6, 6.07) is 2.26. The van der Waals surface area contributed by atoms with Gasteiger partial charge in [-0.3, -0.25) is 14.5 Å². The molecule has 0 saturated carbocycles. The van der Waals surface area contributed by atoms with Crippen molar-refractivity contribution in [2.45, 2.75) is 19.1 Å². The number of anilines is 2. The third-order valence-electron chi connectivity index (χ3n) is 4.75. The van der Waals surface area contributed by atoms with Crippen molar-refractivity contribution in [2.24, 2.45) is 0 Å². The minimum atomic E-state index is -4.56. The SMILES string of the molecule is O=C(c1cc2c(cn1)c(Nc1cc(F)c(Cl)cn1)nn2CC(F)(F)F)N1CCCOCC1. The van der Waals surface area contributed by atoms with Crippen LogP contribution in [-0.4, -0.2) is 63.0 Å². The van der Waals surface area contributed by atoms with Gasteiger partial charge in [-0.2, -0.15) is 18.3 Å². The van der Waals surface area contributed by atoms with Gasteiger partial charge in [0.1, 0.15) is 23.9 Å². The van der Waals surface area contributed by atoms with Crippen LogP contribution in [0.15, 0.2) is 24.5 Å². The molecule has 4 rings (SSSR count). The van der Waals surface area contributed by atoms with Gasteiger partial charge in [0.05, 0.1) is 28.7 Å². The number of hydrogen-bond acceptors (Lipinski definition) is 6. The van der Waals surface area contributed by atoms with Crippen LogP contribution in [0.4, 0.5) is 29.2 Å². The topological polar surface area (TPSA) is 85.2 Å². The summed E-state index contributed by atoms with van der Waals surface area (Å²) in [6.45, 7) is 0.340. The molecule has 0 aliphatic carbocycles. The van der Waals surface area contributed by atoms with Crippen molar-refractivity contribution in [3.05, 3.63) is 41.1 Å². The van der Waals surface area contributed by atoms with E-state index in [9.17, 15) is 22.4 Å². The molecule has 170 valence electrons. The number of halogens is 5. The fraction of sp³-hybridized carbons (Fsp3) is 0.368. The molecule has 8 nitrogen and oxygen atoms in total. The molecule has 1 aliphatic rings. The number of carbonyl (C=O) groups excluding carboxylic acids is 1. The standard InChI is InChI=1S/C19H17ClF4N6O2/c20-12-9-26-16(6-13(12)21)27-17-11-8-25-14(18(31)29-2-1-4-32-5-3-29)7-15(11)30(28-17)10-19(22,23)24/h6-9H,1-5,10H2,(H,26,27,28). The molecule has 0 radical (unpaired) electrons. The van der Waals surface area contributed by atoms with Gasteiger partial charge >= 0.3 is 6.18 Å². The Morgan fingerprint density at radius 1 is 1.19 bits per heavy atom. The van der Waals surface area contributed by atoms with Crippen molar-refractivity contribution in [3.63, 3.8) is 0 Å². The Morgan fingerprint density at radius 2 is 2.00 bits per heavy atom. The van der Waals surface area contributed by atoms with Crippen LogP contribution >= 0.6 is 11.6 Å². The maximum absolute atomic E-state index is 13.7. The highest BCUT2D eigenvalue weighted by atomic mass is 35.5. The van der Waals surface area contributed by atoms with Crippen molar-refractivity contribution in [2.75, 3.05) is 31.6 Å². The van der Waals surface area contributed by atoms with Gasteiger partial charge in [0.15, 0.2) is 5.82 Å². The normalized spacial score (nSPS) is 15.1. The van der Waals surface area contributed by atoms with Crippen molar-refractivity contribution in [3.8, 4) is 0 Å². The van der Waals surface area contributed by atoms with Gasteiger partial charge in [0, 0.05) is 32.0 Å². The van der Waals surface area contributed by atoms with Gasteiger partial charge in [-0.1, -0.05) is 11.6 Å². The number of pyridine rings is 2. The molecule has 0 aromatic carbocycles. The molecular formula is C19H17ClF4N6O2. The second kappa shape index (κ2) is 8.87. The van der Waals surface area contributed by atoms with Crippen LogP contribution in [0, 0.1) is 5.82 Å². The Labute approximate surface area is 184 Å². The third-order valence-corrected chi connectivity index (χ3v) is 5.03. The van der Waals surface area contributed by atoms with Crippen molar-refractivity contribution in [1.82, 2.24) is 24.6 Å². The van der Waals surface area contributed by atoms with Crippen LogP contribution < -0.4 is 5.32 Å². The van der Waals surface area contributed by atoms with E-state index >= 15 is 0 Å². The maximum Gasteiger partial charge on any atom is 0.408 e. The summed E-state index contributed by atoms with van der Waals surface area (Å²) >= 11 is 5.61. The van der Waals surface area contributed by atoms with E-state index in [4.69, 9.17) is 16.3 Å². The number of ether oxygens (including phenoxy) is 1. The first-order chi connectivity index (χ1) is 15.2. The van der Waals surface area contributed by atoms with Gasteiger partial charge in [-0.05, 0) is 12.5 Å². The molecule has 1 aliphatic heterocycles. The minimum absolute atomic E-state index is 0.00446. The highest BCUT2D eigenvalue weighted by Crippen LogP contribution is 2.29. The van der Waals surface area contributed by atoms with E-state index in [0.29, 0.717) is 37.4 Å². The predicted molar refractivity (Wildman–Crippen MR) is 107 cm³/mol. The summed E-state index contributed by atoms with van der Waals surface area (Å²) in [5, 5.41) is 6.64. The summed E-state index contributed by atoms with van der Waals surface area (Å²) in [6.07, 6.45) is -1.59. The van der Waals surface area contributed by atoms with Gasteiger partial charge in [-0.15, -0.1) is 0 Å². The molecule has 1 saturated heterocycles. The van der Waals surface area contributed by atoms with E-state index < -0.39 is 24.4 Å². The van der Waals surface area contributed by atoms with E-state index in [-0.39, 0.29) is 33.3 Å². The molecule has 1 amide bonds.